The number of halogens is 2. The van der Waals surface area contributed by atoms with Crippen LogP contribution < -0.4 is 4.74 Å². The third kappa shape index (κ3) is 5.48. The van der Waals surface area contributed by atoms with Gasteiger partial charge in [-0.25, -0.2) is 4.39 Å². The molecule has 9 heteroatoms. The SMILES string of the molecule is CCOC(=O)CN1C(=O)S/C(=C\c2cc(Br)ccc2OCc2ccc(F)cc2)C1=O. The van der Waals surface area contributed by atoms with Crippen LogP contribution in [0.1, 0.15) is 18.1 Å². The number of imide groups is 1. The van der Waals surface area contributed by atoms with E-state index in [2.05, 4.69) is 15.9 Å². The first-order valence-electron chi connectivity index (χ1n) is 8.95. The van der Waals surface area contributed by atoms with E-state index in [1.165, 1.54) is 12.1 Å². The lowest BCUT2D eigenvalue weighted by atomic mass is 10.1. The number of carbonyl (C=O) groups is 3. The van der Waals surface area contributed by atoms with Crippen molar-refractivity contribution in [3.8, 4) is 5.75 Å². The lowest BCUT2D eigenvalue weighted by Gasteiger charge is -2.11. The summed E-state index contributed by atoms with van der Waals surface area (Å²) >= 11 is 4.13. The Labute approximate surface area is 185 Å². The molecule has 0 radical (unpaired) electrons. The normalized spacial score (nSPS) is 15.0. The molecular formula is C21H17BrFNO5S. The van der Waals surface area contributed by atoms with Gasteiger partial charge in [0, 0.05) is 10.0 Å². The zero-order valence-corrected chi connectivity index (χ0v) is 18.3. The van der Waals surface area contributed by atoms with Crippen molar-refractivity contribution in [1.29, 1.82) is 0 Å². The molecule has 2 amide bonds. The molecule has 0 bridgehead atoms. The zero-order chi connectivity index (χ0) is 21.7. The average molecular weight is 494 g/mol. The van der Waals surface area contributed by atoms with E-state index in [0.717, 1.165) is 26.7 Å². The molecule has 0 saturated carbocycles. The molecule has 1 fully saturated rings. The standard InChI is InChI=1S/C21H17BrFNO5S/c1-2-28-19(25)11-24-20(26)18(30-21(24)27)10-14-9-15(22)5-8-17(14)29-12-13-3-6-16(23)7-4-13/h3-10H,2,11-12H2,1H3/b18-10-. The van der Waals surface area contributed by atoms with Gasteiger partial charge in [0.15, 0.2) is 0 Å². The highest BCUT2D eigenvalue weighted by molar-refractivity contribution is 9.10. The molecule has 0 N–H and O–H groups in total. The Morgan fingerprint density at radius 2 is 1.93 bits per heavy atom. The molecule has 2 aromatic carbocycles. The fourth-order valence-electron chi connectivity index (χ4n) is 2.62. The second-order valence-electron chi connectivity index (χ2n) is 6.17. The summed E-state index contributed by atoms with van der Waals surface area (Å²) in [5, 5.41) is -0.539. The first-order valence-corrected chi connectivity index (χ1v) is 10.6. The zero-order valence-electron chi connectivity index (χ0n) is 15.9. The summed E-state index contributed by atoms with van der Waals surface area (Å²) in [5.74, 6) is -1.06. The molecule has 30 heavy (non-hydrogen) atoms. The summed E-state index contributed by atoms with van der Waals surface area (Å²) in [6.45, 7) is 1.58. The summed E-state index contributed by atoms with van der Waals surface area (Å²) in [7, 11) is 0. The summed E-state index contributed by atoms with van der Waals surface area (Å²) < 4.78 is 24.5. The molecule has 1 heterocycles. The summed E-state index contributed by atoms with van der Waals surface area (Å²) in [6.07, 6.45) is 1.54. The van der Waals surface area contributed by atoms with Crippen molar-refractivity contribution in [2.45, 2.75) is 13.5 Å². The van der Waals surface area contributed by atoms with Crippen LogP contribution in [0, 0.1) is 5.82 Å². The number of benzene rings is 2. The Hall–Kier alpha value is -2.65. The van der Waals surface area contributed by atoms with Crippen molar-refractivity contribution in [1.82, 2.24) is 4.90 Å². The topological polar surface area (TPSA) is 72.9 Å². The molecule has 0 aromatic heterocycles. The molecule has 3 rings (SSSR count). The second kappa shape index (κ2) is 9.90. The highest BCUT2D eigenvalue weighted by Gasteiger charge is 2.36. The molecule has 0 spiro atoms. The Bertz CT molecular complexity index is 1010. The minimum absolute atomic E-state index is 0.164. The minimum atomic E-state index is -0.646. The van der Waals surface area contributed by atoms with E-state index >= 15 is 0 Å². The maximum atomic E-state index is 13.1. The number of esters is 1. The van der Waals surface area contributed by atoms with Gasteiger partial charge in [-0.05, 0) is 60.7 Å². The number of thioether (sulfide) groups is 1. The first-order chi connectivity index (χ1) is 14.4. The molecule has 1 saturated heterocycles. The van der Waals surface area contributed by atoms with Crippen molar-refractivity contribution in [3.63, 3.8) is 0 Å². The number of hydrogen-bond acceptors (Lipinski definition) is 6. The van der Waals surface area contributed by atoms with Crippen LogP contribution >= 0.6 is 27.7 Å². The molecule has 1 aliphatic heterocycles. The summed E-state index contributed by atoms with van der Waals surface area (Å²) in [6, 6.07) is 11.2. The summed E-state index contributed by atoms with van der Waals surface area (Å²) in [5.41, 5.74) is 1.35. The van der Waals surface area contributed by atoms with Crippen molar-refractivity contribution in [2.24, 2.45) is 0 Å². The third-order valence-electron chi connectivity index (χ3n) is 4.03. The van der Waals surface area contributed by atoms with Crippen LogP contribution in [0.5, 0.6) is 5.75 Å². The van der Waals surface area contributed by atoms with Gasteiger partial charge in [-0.2, -0.15) is 0 Å². The van der Waals surface area contributed by atoms with E-state index in [0.29, 0.717) is 11.3 Å². The van der Waals surface area contributed by atoms with Crippen molar-refractivity contribution < 1.29 is 28.2 Å². The minimum Gasteiger partial charge on any atom is -0.488 e. The van der Waals surface area contributed by atoms with E-state index < -0.39 is 23.7 Å². The first kappa shape index (κ1) is 22.0. The Morgan fingerprint density at radius 1 is 1.20 bits per heavy atom. The predicted molar refractivity (Wildman–Crippen MR) is 114 cm³/mol. The molecule has 156 valence electrons. The van der Waals surface area contributed by atoms with Gasteiger partial charge in [0.2, 0.25) is 0 Å². The fourth-order valence-corrected chi connectivity index (χ4v) is 3.83. The number of nitrogens with zero attached hydrogens (tertiary/aromatic N) is 1. The average Bonchev–Trinajstić information content (AvgIpc) is 2.96. The van der Waals surface area contributed by atoms with Gasteiger partial charge in [0.1, 0.15) is 24.7 Å². The van der Waals surface area contributed by atoms with Crippen molar-refractivity contribution in [3.05, 3.63) is 68.8 Å². The van der Waals surface area contributed by atoms with Gasteiger partial charge in [0.05, 0.1) is 11.5 Å². The smallest absolute Gasteiger partial charge is 0.326 e. The van der Waals surface area contributed by atoms with Crippen molar-refractivity contribution >= 4 is 50.9 Å². The van der Waals surface area contributed by atoms with E-state index in [4.69, 9.17) is 9.47 Å². The van der Waals surface area contributed by atoms with Gasteiger partial charge in [-0.3, -0.25) is 19.3 Å². The molecule has 6 nitrogen and oxygen atoms in total. The van der Waals surface area contributed by atoms with Crippen LogP contribution in [0.4, 0.5) is 9.18 Å². The highest BCUT2D eigenvalue weighted by Crippen LogP contribution is 2.35. The highest BCUT2D eigenvalue weighted by atomic mass is 79.9. The molecule has 0 atom stereocenters. The van der Waals surface area contributed by atoms with Gasteiger partial charge in [0.25, 0.3) is 11.1 Å². The fraction of sp³-hybridized carbons (Fsp3) is 0.190. The Balaban J connectivity index is 1.79. The third-order valence-corrected chi connectivity index (χ3v) is 5.43. The van der Waals surface area contributed by atoms with Crippen LogP contribution in [-0.4, -0.2) is 35.2 Å². The van der Waals surface area contributed by atoms with E-state index in [9.17, 15) is 18.8 Å². The van der Waals surface area contributed by atoms with Gasteiger partial charge >= 0.3 is 5.97 Å². The van der Waals surface area contributed by atoms with E-state index in [-0.39, 0.29) is 23.9 Å². The van der Waals surface area contributed by atoms with Crippen LogP contribution in [0.25, 0.3) is 6.08 Å². The molecule has 0 unspecified atom stereocenters. The quantitative estimate of drug-likeness (QED) is 0.408. The number of rotatable bonds is 7. The Morgan fingerprint density at radius 3 is 2.63 bits per heavy atom. The van der Waals surface area contributed by atoms with Crippen molar-refractivity contribution in [2.75, 3.05) is 13.2 Å². The van der Waals surface area contributed by atoms with Gasteiger partial charge < -0.3 is 9.47 Å². The number of ether oxygens (including phenoxy) is 2. The lowest BCUT2D eigenvalue weighted by molar-refractivity contribution is -0.145. The maximum absolute atomic E-state index is 13.1. The van der Waals surface area contributed by atoms with Gasteiger partial charge in [-0.1, -0.05) is 28.1 Å². The molecule has 0 aliphatic carbocycles. The lowest BCUT2D eigenvalue weighted by Crippen LogP contribution is -2.34. The second-order valence-corrected chi connectivity index (χ2v) is 8.08. The molecule has 2 aromatic rings. The van der Waals surface area contributed by atoms with Crippen LogP contribution in [-0.2, 0) is 20.9 Å². The van der Waals surface area contributed by atoms with Crippen LogP contribution in [0.2, 0.25) is 0 Å². The predicted octanol–water partition coefficient (Wildman–Crippen LogP) is 4.77. The number of hydrogen-bond donors (Lipinski definition) is 0. The Kier molecular flexibility index (Phi) is 7.28. The van der Waals surface area contributed by atoms with Crippen LogP contribution in [0.3, 0.4) is 0 Å². The number of carbonyl (C=O) groups excluding carboxylic acids is 3. The largest absolute Gasteiger partial charge is 0.488 e. The monoisotopic (exact) mass is 493 g/mol. The van der Waals surface area contributed by atoms with Crippen LogP contribution in [0.15, 0.2) is 51.8 Å². The maximum Gasteiger partial charge on any atom is 0.326 e. The summed E-state index contributed by atoms with van der Waals surface area (Å²) in [4.78, 5) is 37.4. The van der Waals surface area contributed by atoms with Gasteiger partial charge in [-0.15, -0.1) is 0 Å². The van der Waals surface area contributed by atoms with E-state index in [1.807, 2.05) is 0 Å². The molecular weight excluding hydrogens is 477 g/mol. The number of amides is 2. The van der Waals surface area contributed by atoms with E-state index in [1.54, 1.807) is 43.3 Å². The molecule has 1 aliphatic rings.